The summed E-state index contributed by atoms with van der Waals surface area (Å²) in [6, 6.07) is 6.94. The van der Waals surface area contributed by atoms with Crippen LogP contribution < -0.4 is 14.8 Å². The van der Waals surface area contributed by atoms with E-state index in [1.54, 1.807) is 0 Å². The van der Waals surface area contributed by atoms with Crippen molar-refractivity contribution < 1.29 is 9.47 Å². The largest absolute Gasteiger partial charge is 0.454 e. The molecule has 0 aromatic heterocycles. The van der Waals surface area contributed by atoms with Gasteiger partial charge >= 0.3 is 0 Å². The molecule has 2 aliphatic rings. The molecule has 1 aromatic rings. The van der Waals surface area contributed by atoms with Crippen LogP contribution >= 0.6 is 0 Å². The molecule has 0 radical (unpaired) electrons. The lowest BCUT2D eigenvalue weighted by atomic mass is 10.0. The first-order valence-corrected chi connectivity index (χ1v) is 8.16. The highest BCUT2D eigenvalue weighted by Crippen LogP contribution is 2.32. The van der Waals surface area contributed by atoms with Gasteiger partial charge in [-0.15, -0.1) is 0 Å². The summed E-state index contributed by atoms with van der Waals surface area (Å²) in [5.74, 6) is 1.73. The Bertz CT molecular complexity index is 464. The molecule has 4 nitrogen and oxygen atoms in total. The van der Waals surface area contributed by atoms with Crippen molar-refractivity contribution in [2.75, 3.05) is 26.4 Å². The summed E-state index contributed by atoms with van der Waals surface area (Å²) in [5.41, 5.74) is 1.26. The highest BCUT2D eigenvalue weighted by molar-refractivity contribution is 5.44. The van der Waals surface area contributed by atoms with Crippen LogP contribution in [0.3, 0.4) is 0 Å². The number of piperidine rings is 1. The summed E-state index contributed by atoms with van der Waals surface area (Å²) in [7, 11) is 0. The minimum atomic E-state index is 0.347. The van der Waals surface area contributed by atoms with E-state index in [0.717, 1.165) is 30.6 Å². The molecule has 21 heavy (non-hydrogen) atoms. The predicted octanol–water partition coefficient (Wildman–Crippen LogP) is 2.77. The van der Waals surface area contributed by atoms with Gasteiger partial charge in [0.1, 0.15) is 0 Å². The van der Waals surface area contributed by atoms with Crippen LogP contribution in [0.15, 0.2) is 18.2 Å². The summed E-state index contributed by atoms with van der Waals surface area (Å²) < 4.78 is 10.7. The molecule has 1 saturated heterocycles. The number of ether oxygens (including phenoxy) is 2. The van der Waals surface area contributed by atoms with Gasteiger partial charge in [-0.05, 0) is 63.5 Å². The summed E-state index contributed by atoms with van der Waals surface area (Å²) >= 11 is 0. The lowest BCUT2D eigenvalue weighted by molar-refractivity contribution is 0.159. The molecule has 0 aliphatic carbocycles. The van der Waals surface area contributed by atoms with E-state index in [9.17, 15) is 0 Å². The van der Waals surface area contributed by atoms with E-state index in [0.29, 0.717) is 6.79 Å². The first kappa shape index (κ1) is 14.7. The van der Waals surface area contributed by atoms with Gasteiger partial charge in [-0.2, -0.15) is 0 Å². The summed E-state index contributed by atoms with van der Waals surface area (Å²) in [5, 5.41) is 3.52. The van der Waals surface area contributed by atoms with Crippen molar-refractivity contribution in [2.45, 2.75) is 45.2 Å². The molecular formula is C17H26N2O2. The molecule has 1 fully saturated rings. The smallest absolute Gasteiger partial charge is 0.231 e. The zero-order valence-corrected chi connectivity index (χ0v) is 12.9. The van der Waals surface area contributed by atoms with Gasteiger partial charge in [-0.3, -0.25) is 0 Å². The fraction of sp³-hybridized carbons (Fsp3) is 0.647. The van der Waals surface area contributed by atoms with Crippen LogP contribution in [0.2, 0.25) is 0 Å². The lowest BCUT2D eigenvalue weighted by Crippen LogP contribution is -2.38. The van der Waals surface area contributed by atoms with Crippen molar-refractivity contribution in [1.82, 2.24) is 10.2 Å². The maximum Gasteiger partial charge on any atom is 0.231 e. The molecule has 0 spiro atoms. The van der Waals surface area contributed by atoms with Crippen LogP contribution in [0.5, 0.6) is 11.5 Å². The van der Waals surface area contributed by atoms with E-state index >= 15 is 0 Å². The van der Waals surface area contributed by atoms with E-state index in [1.807, 2.05) is 6.07 Å². The normalized spacial score (nSPS) is 21.7. The van der Waals surface area contributed by atoms with Crippen molar-refractivity contribution in [3.63, 3.8) is 0 Å². The number of nitrogens with zero attached hydrogens (tertiary/aromatic N) is 1. The van der Waals surface area contributed by atoms with Crippen LogP contribution in [-0.4, -0.2) is 37.4 Å². The molecule has 2 aliphatic heterocycles. The zero-order chi connectivity index (χ0) is 14.5. The number of nitrogens with one attached hydrogen (secondary N) is 1. The van der Waals surface area contributed by atoms with Crippen LogP contribution in [0.1, 0.15) is 38.2 Å². The Kier molecular flexibility index (Phi) is 4.99. The third kappa shape index (κ3) is 3.89. The van der Waals surface area contributed by atoms with Crippen molar-refractivity contribution in [3.8, 4) is 11.5 Å². The fourth-order valence-corrected chi connectivity index (χ4v) is 3.18. The Morgan fingerprint density at radius 1 is 1.24 bits per heavy atom. The predicted molar refractivity (Wildman–Crippen MR) is 83.8 cm³/mol. The van der Waals surface area contributed by atoms with E-state index in [-0.39, 0.29) is 0 Å². The molecule has 1 N–H and O–H groups in total. The monoisotopic (exact) mass is 290 g/mol. The van der Waals surface area contributed by atoms with Crippen molar-refractivity contribution in [1.29, 1.82) is 0 Å². The number of hydrogen-bond donors (Lipinski definition) is 1. The molecule has 116 valence electrons. The Morgan fingerprint density at radius 2 is 2.14 bits per heavy atom. The molecule has 3 rings (SSSR count). The zero-order valence-electron chi connectivity index (χ0n) is 12.9. The first-order chi connectivity index (χ1) is 10.3. The third-order valence-corrected chi connectivity index (χ3v) is 4.51. The van der Waals surface area contributed by atoms with Gasteiger partial charge in [-0.25, -0.2) is 0 Å². The van der Waals surface area contributed by atoms with Gasteiger partial charge in [0, 0.05) is 12.6 Å². The van der Waals surface area contributed by atoms with Gasteiger partial charge in [0.15, 0.2) is 11.5 Å². The van der Waals surface area contributed by atoms with E-state index < -0.39 is 0 Å². The van der Waals surface area contributed by atoms with E-state index in [4.69, 9.17) is 9.47 Å². The molecule has 0 amide bonds. The molecule has 1 aromatic carbocycles. The fourth-order valence-electron chi connectivity index (χ4n) is 3.18. The molecule has 0 saturated carbocycles. The topological polar surface area (TPSA) is 33.7 Å². The summed E-state index contributed by atoms with van der Waals surface area (Å²) in [6.07, 6.45) is 5.36. The molecule has 2 heterocycles. The molecule has 0 bridgehead atoms. The standard InChI is InChI=1S/C17H26N2O2/c1-14-5-2-3-9-19(14)10-4-8-18-12-15-6-7-16-17(11-15)21-13-20-16/h6-7,11,14,18H,2-5,8-10,12-13H2,1H3/t14-/m0/s1. The summed E-state index contributed by atoms with van der Waals surface area (Å²) in [6.45, 7) is 7.17. The minimum absolute atomic E-state index is 0.347. The maximum atomic E-state index is 5.40. The van der Waals surface area contributed by atoms with E-state index in [2.05, 4.69) is 29.3 Å². The van der Waals surface area contributed by atoms with Crippen molar-refractivity contribution in [2.24, 2.45) is 0 Å². The second-order valence-corrected chi connectivity index (χ2v) is 6.10. The SMILES string of the molecule is C[C@H]1CCCCN1CCCNCc1ccc2c(c1)OCO2. The van der Waals surface area contributed by atoms with Gasteiger partial charge in [-0.1, -0.05) is 12.5 Å². The summed E-state index contributed by atoms with van der Waals surface area (Å²) in [4.78, 5) is 2.63. The quantitative estimate of drug-likeness (QED) is 0.817. The number of hydrogen-bond acceptors (Lipinski definition) is 4. The van der Waals surface area contributed by atoms with Crippen LogP contribution in [0, 0.1) is 0 Å². The number of likely N-dealkylation sites (tertiary alicyclic amines) is 1. The third-order valence-electron chi connectivity index (χ3n) is 4.51. The van der Waals surface area contributed by atoms with Crippen LogP contribution in [0.25, 0.3) is 0 Å². The Balaban J connectivity index is 1.35. The van der Waals surface area contributed by atoms with Gasteiger partial charge in [0.25, 0.3) is 0 Å². The second-order valence-electron chi connectivity index (χ2n) is 6.10. The van der Waals surface area contributed by atoms with Crippen LogP contribution in [-0.2, 0) is 6.54 Å². The molecule has 1 atom stereocenters. The van der Waals surface area contributed by atoms with Gasteiger partial charge in [0.2, 0.25) is 6.79 Å². The average molecular weight is 290 g/mol. The molecule has 0 unspecified atom stereocenters. The highest BCUT2D eigenvalue weighted by atomic mass is 16.7. The Labute approximate surface area is 127 Å². The van der Waals surface area contributed by atoms with Gasteiger partial charge < -0.3 is 19.7 Å². The number of fused-ring (bicyclic) bond motifs is 1. The Hall–Kier alpha value is -1.26. The number of rotatable bonds is 6. The molecular weight excluding hydrogens is 264 g/mol. The van der Waals surface area contributed by atoms with Gasteiger partial charge in [0.05, 0.1) is 0 Å². The molecule has 4 heteroatoms. The highest BCUT2D eigenvalue weighted by Gasteiger charge is 2.17. The maximum absolute atomic E-state index is 5.40. The Morgan fingerprint density at radius 3 is 3.05 bits per heavy atom. The number of benzene rings is 1. The first-order valence-electron chi connectivity index (χ1n) is 8.16. The average Bonchev–Trinajstić information content (AvgIpc) is 2.96. The van der Waals surface area contributed by atoms with Crippen LogP contribution in [0.4, 0.5) is 0 Å². The minimum Gasteiger partial charge on any atom is -0.454 e. The van der Waals surface area contributed by atoms with E-state index in [1.165, 1.54) is 44.3 Å². The second kappa shape index (κ2) is 7.14. The lowest BCUT2D eigenvalue weighted by Gasteiger charge is -2.33. The van der Waals surface area contributed by atoms with Crippen molar-refractivity contribution in [3.05, 3.63) is 23.8 Å². The van der Waals surface area contributed by atoms with Crippen molar-refractivity contribution >= 4 is 0 Å².